The van der Waals surface area contributed by atoms with Crippen LogP contribution in [0.5, 0.6) is 0 Å². The van der Waals surface area contributed by atoms with E-state index in [1.165, 1.54) is 5.56 Å². The van der Waals surface area contributed by atoms with Crippen LogP contribution in [0.4, 0.5) is 4.79 Å². The lowest BCUT2D eigenvalue weighted by Crippen LogP contribution is -2.51. The summed E-state index contributed by atoms with van der Waals surface area (Å²) in [7, 11) is 0. The SMILES string of the molecule is C=C(C)C1OCCC1CNC(=O)N1CCOC(Cc2ccccc2)C1. The molecule has 2 aliphatic heterocycles. The van der Waals surface area contributed by atoms with E-state index in [0.717, 1.165) is 25.0 Å². The summed E-state index contributed by atoms with van der Waals surface area (Å²) in [4.78, 5) is 14.4. The summed E-state index contributed by atoms with van der Waals surface area (Å²) in [6.07, 6.45) is 1.92. The average molecular weight is 344 g/mol. The van der Waals surface area contributed by atoms with Gasteiger partial charge in [0.1, 0.15) is 0 Å². The molecule has 1 aromatic rings. The maximum absolute atomic E-state index is 12.5. The molecule has 3 unspecified atom stereocenters. The van der Waals surface area contributed by atoms with Gasteiger partial charge >= 0.3 is 6.03 Å². The summed E-state index contributed by atoms with van der Waals surface area (Å²) in [6, 6.07) is 10.3. The van der Waals surface area contributed by atoms with Gasteiger partial charge in [0.15, 0.2) is 0 Å². The van der Waals surface area contributed by atoms with E-state index in [1.54, 1.807) is 0 Å². The second-order valence-corrected chi connectivity index (χ2v) is 7.00. The maximum atomic E-state index is 12.5. The number of hydrogen-bond donors (Lipinski definition) is 1. The third-order valence-electron chi connectivity index (χ3n) is 4.95. The van der Waals surface area contributed by atoms with Crippen LogP contribution in [0.2, 0.25) is 0 Å². The van der Waals surface area contributed by atoms with Crippen LogP contribution < -0.4 is 5.32 Å². The second kappa shape index (κ2) is 8.50. The van der Waals surface area contributed by atoms with E-state index in [0.29, 0.717) is 32.2 Å². The van der Waals surface area contributed by atoms with Crippen LogP contribution in [0.1, 0.15) is 18.9 Å². The van der Waals surface area contributed by atoms with Crippen LogP contribution in [0.25, 0.3) is 0 Å². The van der Waals surface area contributed by atoms with Crippen molar-refractivity contribution < 1.29 is 14.3 Å². The number of benzene rings is 1. The quantitative estimate of drug-likeness (QED) is 0.836. The van der Waals surface area contributed by atoms with Crippen LogP contribution in [-0.4, -0.2) is 56.0 Å². The zero-order valence-corrected chi connectivity index (χ0v) is 14.9. The van der Waals surface area contributed by atoms with Crippen LogP contribution in [-0.2, 0) is 15.9 Å². The number of urea groups is 1. The van der Waals surface area contributed by atoms with E-state index in [4.69, 9.17) is 9.47 Å². The van der Waals surface area contributed by atoms with Gasteiger partial charge in [-0.25, -0.2) is 4.79 Å². The molecule has 3 atom stereocenters. The number of carbonyl (C=O) groups is 1. The van der Waals surface area contributed by atoms with Crippen molar-refractivity contribution in [2.75, 3.05) is 32.8 Å². The molecular weight excluding hydrogens is 316 g/mol. The summed E-state index contributed by atoms with van der Waals surface area (Å²) >= 11 is 0. The number of nitrogens with one attached hydrogen (secondary N) is 1. The molecule has 25 heavy (non-hydrogen) atoms. The zero-order chi connectivity index (χ0) is 17.6. The number of nitrogens with zero attached hydrogens (tertiary/aromatic N) is 1. The predicted octanol–water partition coefficient (Wildman–Crippen LogP) is 2.62. The van der Waals surface area contributed by atoms with Crippen LogP contribution in [0.15, 0.2) is 42.5 Å². The van der Waals surface area contributed by atoms with Crippen molar-refractivity contribution in [2.45, 2.75) is 32.0 Å². The largest absolute Gasteiger partial charge is 0.374 e. The average Bonchev–Trinajstić information content (AvgIpc) is 3.10. The van der Waals surface area contributed by atoms with E-state index in [-0.39, 0.29) is 18.2 Å². The van der Waals surface area contributed by atoms with Crippen molar-refractivity contribution in [3.05, 3.63) is 48.0 Å². The Morgan fingerprint density at radius 3 is 2.84 bits per heavy atom. The van der Waals surface area contributed by atoms with E-state index < -0.39 is 0 Å². The first-order chi connectivity index (χ1) is 12.1. The molecule has 1 aromatic carbocycles. The van der Waals surface area contributed by atoms with Crippen molar-refractivity contribution in [3.63, 3.8) is 0 Å². The van der Waals surface area contributed by atoms with Gasteiger partial charge in [0.2, 0.25) is 0 Å². The number of hydrogen-bond acceptors (Lipinski definition) is 3. The molecule has 3 rings (SSSR count). The van der Waals surface area contributed by atoms with Crippen molar-refractivity contribution in [1.29, 1.82) is 0 Å². The predicted molar refractivity (Wildman–Crippen MR) is 97.5 cm³/mol. The van der Waals surface area contributed by atoms with Crippen LogP contribution >= 0.6 is 0 Å². The first-order valence-electron chi connectivity index (χ1n) is 9.09. The van der Waals surface area contributed by atoms with Gasteiger partial charge in [0.25, 0.3) is 0 Å². The van der Waals surface area contributed by atoms with E-state index >= 15 is 0 Å². The maximum Gasteiger partial charge on any atom is 0.317 e. The molecule has 136 valence electrons. The van der Waals surface area contributed by atoms with Crippen molar-refractivity contribution in [2.24, 2.45) is 5.92 Å². The van der Waals surface area contributed by atoms with Gasteiger partial charge in [0, 0.05) is 38.6 Å². The third kappa shape index (κ3) is 4.83. The number of morpholine rings is 1. The lowest BCUT2D eigenvalue weighted by Gasteiger charge is -2.33. The highest BCUT2D eigenvalue weighted by atomic mass is 16.5. The number of ether oxygens (including phenoxy) is 2. The van der Waals surface area contributed by atoms with Gasteiger partial charge < -0.3 is 19.7 Å². The number of rotatable bonds is 5. The third-order valence-corrected chi connectivity index (χ3v) is 4.95. The highest BCUT2D eigenvalue weighted by molar-refractivity contribution is 5.74. The minimum atomic E-state index is -0.00581. The molecule has 0 aromatic heterocycles. The Morgan fingerprint density at radius 2 is 2.08 bits per heavy atom. The zero-order valence-electron chi connectivity index (χ0n) is 14.9. The Morgan fingerprint density at radius 1 is 1.28 bits per heavy atom. The Hall–Kier alpha value is -1.85. The fraction of sp³-hybridized carbons (Fsp3) is 0.550. The number of amides is 2. The first kappa shape index (κ1) is 18.0. The molecule has 5 nitrogen and oxygen atoms in total. The summed E-state index contributed by atoms with van der Waals surface area (Å²) in [5.74, 6) is 0.322. The molecule has 0 aliphatic carbocycles. The molecule has 0 radical (unpaired) electrons. The topological polar surface area (TPSA) is 50.8 Å². The Balaban J connectivity index is 1.47. The summed E-state index contributed by atoms with van der Waals surface area (Å²) in [6.45, 7) is 9.22. The molecule has 5 heteroatoms. The van der Waals surface area contributed by atoms with Gasteiger partial charge in [-0.05, 0) is 18.9 Å². The molecule has 2 amide bonds. The normalized spacial score (nSPS) is 26.4. The van der Waals surface area contributed by atoms with E-state index in [9.17, 15) is 4.79 Å². The molecule has 0 bridgehead atoms. The van der Waals surface area contributed by atoms with E-state index in [2.05, 4.69) is 24.0 Å². The molecule has 0 spiro atoms. The molecule has 2 fully saturated rings. The first-order valence-corrected chi connectivity index (χ1v) is 9.09. The molecule has 2 heterocycles. The van der Waals surface area contributed by atoms with Gasteiger partial charge in [-0.1, -0.05) is 42.5 Å². The van der Waals surface area contributed by atoms with Gasteiger partial charge in [-0.2, -0.15) is 0 Å². The lowest BCUT2D eigenvalue weighted by molar-refractivity contribution is -0.0134. The standard InChI is InChI=1S/C20H28N2O3/c1-15(2)19-17(8-10-25-19)13-21-20(23)22-9-11-24-18(14-22)12-16-6-4-3-5-7-16/h3-7,17-19H,1,8-14H2,2H3,(H,21,23). The monoisotopic (exact) mass is 344 g/mol. The van der Waals surface area contributed by atoms with Crippen molar-refractivity contribution in [3.8, 4) is 0 Å². The smallest absolute Gasteiger partial charge is 0.317 e. The molecule has 0 saturated carbocycles. The highest BCUT2D eigenvalue weighted by Crippen LogP contribution is 2.25. The van der Waals surface area contributed by atoms with Crippen LogP contribution in [0.3, 0.4) is 0 Å². The number of carbonyl (C=O) groups excluding carboxylic acids is 1. The minimum absolute atomic E-state index is 0.00581. The summed E-state index contributed by atoms with van der Waals surface area (Å²) in [5.41, 5.74) is 2.27. The molecule has 2 aliphatic rings. The molecule has 1 N–H and O–H groups in total. The Bertz CT molecular complexity index is 590. The van der Waals surface area contributed by atoms with Gasteiger partial charge in [-0.15, -0.1) is 0 Å². The minimum Gasteiger partial charge on any atom is -0.374 e. The van der Waals surface area contributed by atoms with Gasteiger partial charge in [0.05, 0.1) is 18.8 Å². The summed E-state index contributed by atoms with van der Waals surface area (Å²) in [5, 5.41) is 3.07. The lowest BCUT2D eigenvalue weighted by atomic mass is 9.97. The molecular formula is C20H28N2O3. The van der Waals surface area contributed by atoms with Crippen molar-refractivity contribution >= 4 is 6.03 Å². The summed E-state index contributed by atoms with van der Waals surface area (Å²) < 4.78 is 11.5. The van der Waals surface area contributed by atoms with Gasteiger partial charge in [-0.3, -0.25) is 0 Å². The second-order valence-electron chi connectivity index (χ2n) is 7.00. The fourth-order valence-corrected chi connectivity index (χ4v) is 3.62. The Labute approximate surface area is 150 Å². The molecule has 2 saturated heterocycles. The highest BCUT2D eigenvalue weighted by Gasteiger charge is 2.30. The fourth-order valence-electron chi connectivity index (χ4n) is 3.62. The van der Waals surface area contributed by atoms with E-state index in [1.807, 2.05) is 30.0 Å². The Kier molecular flexibility index (Phi) is 6.10. The van der Waals surface area contributed by atoms with Crippen molar-refractivity contribution in [1.82, 2.24) is 10.2 Å². The van der Waals surface area contributed by atoms with Crippen LogP contribution in [0, 0.1) is 5.92 Å².